The molecule has 0 aliphatic carbocycles. The van der Waals surface area contributed by atoms with Crippen LogP contribution in [0.2, 0.25) is 5.02 Å². The highest BCUT2D eigenvalue weighted by atomic mass is 35.5. The summed E-state index contributed by atoms with van der Waals surface area (Å²) < 4.78 is 5.14. The van der Waals surface area contributed by atoms with Crippen LogP contribution in [0.4, 0.5) is 0 Å². The van der Waals surface area contributed by atoms with Gasteiger partial charge in [-0.05, 0) is 31.0 Å². The van der Waals surface area contributed by atoms with Gasteiger partial charge in [-0.15, -0.1) is 0 Å². The van der Waals surface area contributed by atoms with Gasteiger partial charge in [0.1, 0.15) is 0 Å². The second kappa shape index (κ2) is 6.11. The van der Waals surface area contributed by atoms with Crippen LogP contribution in [0.15, 0.2) is 18.2 Å². The third-order valence-corrected chi connectivity index (χ3v) is 2.81. The van der Waals surface area contributed by atoms with Gasteiger partial charge in [0.2, 0.25) is 0 Å². The zero-order valence-electron chi connectivity index (χ0n) is 9.51. The van der Waals surface area contributed by atoms with Crippen molar-refractivity contribution in [2.75, 3.05) is 13.7 Å². The van der Waals surface area contributed by atoms with Crippen LogP contribution in [-0.2, 0) is 11.3 Å². The highest BCUT2D eigenvalue weighted by molar-refractivity contribution is 6.31. The molecule has 1 aromatic rings. The predicted molar refractivity (Wildman–Crippen MR) is 64.4 cm³/mol. The van der Waals surface area contributed by atoms with Crippen LogP contribution in [0.1, 0.15) is 18.1 Å². The minimum absolute atomic E-state index is 0.242. The minimum Gasteiger partial charge on any atom is -0.380 e. The first-order valence-electron chi connectivity index (χ1n) is 5.12. The molecule has 0 saturated heterocycles. The molecule has 0 spiro atoms. The van der Waals surface area contributed by atoms with E-state index >= 15 is 0 Å². The Balaban J connectivity index is 2.41. The lowest BCUT2D eigenvalue weighted by Gasteiger charge is -2.11. The van der Waals surface area contributed by atoms with Gasteiger partial charge in [-0.25, -0.2) is 0 Å². The summed E-state index contributed by atoms with van der Waals surface area (Å²) in [4.78, 5) is 0. The van der Waals surface area contributed by atoms with E-state index in [0.29, 0.717) is 0 Å². The molecule has 1 aromatic carbocycles. The molecule has 0 heterocycles. The monoisotopic (exact) mass is 227 g/mol. The highest BCUT2D eigenvalue weighted by Crippen LogP contribution is 2.16. The number of aryl methyl sites for hydroxylation is 1. The maximum atomic E-state index is 6.03. The molecule has 2 nitrogen and oxygen atoms in total. The molecular formula is C12H18ClNO. The normalized spacial score (nSPS) is 12.8. The Bertz CT molecular complexity index is 314. The molecule has 1 N–H and O–H groups in total. The van der Waals surface area contributed by atoms with Crippen LogP contribution in [0.3, 0.4) is 0 Å². The lowest BCUT2D eigenvalue weighted by Crippen LogP contribution is -2.25. The zero-order valence-corrected chi connectivity index (χ0v) is 10.3. The first-order chi connectivity index (χ1) is 7.13. The van der Waals surface area contributed by atoms with Crippen molar-refractivity contribution in [3.63, 3.8) is 0 Å². The van der Waals surface area contributed by atoms with Crippen LogP contribution in [-0.4, -0.2) is 19.8 Å². The number of rotatable bonds is 5. The molecule has 0 amide bonds. The SMILES string of the molecule is COC(C)CNCc1ccc(C)c(Cl)c1. The number of benzene rings is 1. The van der Waals surface area contributed by atoms with Crippen molar-refractivity contribution in [1.82, 2.24) is 5.32 Å². The van der Waals surface area contributed by atoms with Crippen LogP contribution in [0, 0.1) is 6.92 Å². The molecule has 0 aromatic heterocycles. The molecule has 0 fully saturated rings. The summed E-state index contributed by atoms with van der Waals surface area (Å²) in [5.41, 5.74) is 2.32. The van der Waals surface area contributed by atoms with E-state index in [-0.39, 0.29) is 6.10 Å². The fraction of sp³-hybridized carbons (Fsp3) is 0.500. The van der Waals surface area contributed by atoms with Crippen molar-refractivity contribution in [2.45, 2.75) is 26.5 Å². The molecule has 0 radical (unpaired) electrons. The Hall–Kier alpha value is -0.570. The lowest BCUT2D eigenvalue weighted by atomic mass is 10.1. The molecule has 15 heavy (non-hydrogen) atoms. The van der Waals surface area contributed by atoms with E-state index in [2.05, 4.69) is 11.4 Å². The summed E-state index contributed by atoms with van der Waals surface area (Å²) in [6.45, 7) is 5.72. The van der Waals surface area contributed by atoms with E-state index in [1.165, 1.54) is 5.56 Å². The third kappa shape index (κ3) is 4.20. The van der Waals surface area contributed by atoms with Gasteiger partial charge in [-0.1, -0.05) is 23.7 Å². The average molecular weight is 228 g/mol. The Morgan fingerprint density at radius 2 is 2.20 bits per heavy atom. The first kappa shape index (κ1) is 12.5. The van der Waals surface area contributed by atoms with E-state index in [9.17, 15) is 0 Å². The Labute approximate surface area is 96.6 Å². The summed E-state index contributed by atoms with van der Waals surface area (Å²) >= 11 is 6.03. The first-order valence-corrected chi connectivity index (χ1v) is 5.50. The number of hydrogen-bond acceptors (Lipinski definition) is 2. The molecule has 0 aliphatic heterocycles. The third-order valence-electron chi connectivity index (χ3n) is 2.40. The quantitative estimate of drug-likeness (QED) is 0.835. The van der Waals surface area contributed by atoms with Crippen molar-refractivity contribution < 1.29 is 4.74 Å². The summed E-state index contributed by atoms with van der Waals surface area (Å²) in [6.07, 6.45) is 0.242. The maximum absolute atomic E-state index is 6.03. The fourth-order valence-corrected chi connectivity index (χ4v) is 1.45. The van der Waals surface area contributed by atoms with Crippen LogP contribution in [0.25, 0.3) is 0 Å². The van der Waals surface area contributed by atoms with Gasteiger partial charge >= 0.3 is 0 Å². The topological polar surface area (TPSA) is 21.3 Å². The molecule has 3 heteroatoms. The van der Waals surface area contributed by atoms with Crippen molar-refractivity contribution in [1.29, 1.82) is 0 Å². The van der Waals surface area contributed by atoms with Crippen LogP contribution >= 0.6 is 11.6 Å². The van der Waals surface area contributed by atoms with E-state index in [1.54, 1.807) is 7.11 Å². The van der Waals surface area contributed by atoms with Crippen LogP contribution < -0.4 is 5.32 Å². The molecule has 1 unspecified atom stereocenters. The molecule has 1 atom stereocenters. The summed E-state index contributed by atoms with van der Waals surface area (Å²) in [7, 11) is 1.72. The van der Waals surface area contributed by atoms with E-state index in [1.807, 2.05) is 26.0 Å². The van der Waals surface area contributed by atoms with Gasteiger partial charge in [0.05, 0.1) is 6.10 Å². The van der Waals surface area contributed by atoms with Gasteiger partial charge in [0, 0.05) is 25.2 Å². The largest absolute Gasteiger partial charge is 0.380 e. The van der Waals surface area contributed by atoms with Crippen LogP contribution in [0.5, 0.6) is 0 Å². The molecule has 0 saturated carbocycles. The molecule has 84 valence electrons. The maximum Gasteiger partial charge on any atom is 0.0667 e. The fourth-order valence-electron chi connectivity index (χ4n) is 1.25. The van der Waals surface area contributed by atoms with E-state index in [4.69, 9.17) is 16.3 Å². The summed E-state index contributed by atoms with van der Waals surface area (Å²) in [6, 6.07) is 6.13. The molecule has 1 rings (SSSR count). The minimum atomic E-state index is 0.242. The van der Waals surface area contributed by atoms with Gasteiger partial charge < -0.3 is 10.1 Å². The second-order valence-corrected chi connectivity index (χ2v) is 4.17. The lowest BCUT2D eigenvalue weighted by molar-refractivity contribution is 0.117. The van der Waals surface area contributed by atoms with Gasteiger partial charge in [0.15, 0.2) is 0 Å². The molecule has 0 bridgehead atoms. The molecule has 0 aliphatic rings. The number of ether oxygens (including phenoxy) is 1. The number of hydrogen-bond donors (Lipinski definition) is 1. The van der Waals surface area contributed by atoms with Crippen molar-refractivity contribution in [3.05, 3.63) is 34.3 Å². The smallest absolute Gasteiger partial charge is 0.0667 e. The predicted octanol–water partition coefficient (Wildman–Crippen LogP) is 2.77. The summed E-state index contributed by atoms with van der Waals surface area (Å²) in [5.74, 6) is 0. The second-order valence-electron chi connectivity index (χ2n) is 3.76. The average Bonchev–Trinajstić information content (AvgIpc) is 2.23. The van der Waals surface area contributed by atoms with Gasteiger partial charge in [-0.3, -0.25) is 0 Å². The van der Waals surface area contributed by atoms with Gasteiger partial charge in [0.25, 0.3) is 0 Å². The Kier molecular flexibility index (Phi) is 5.09. The standard InChI is InChI=1S/C12H18ClNO/c1-9-4-5-11(6-12(9)13)8-14-7-10(2)15-3/h4-6,10,14H,7-8H2,1-3H3. The van der Waals surface area contributed by atoms with E-state index in [0.717, 1.165) is 23.7 Å². The van der Waals surface area contributed by atoms with Crippen molar-refractivity contribution in [3.8, 4) is 0 Å². The number of halogens is 1. The summed E-state index contributed by atoms with van der Waals surface area (Å²) in [5, 5.41) is 4.14. The Morgan fingerprint density at radius 3 is 2.80 bits per heavy atom. The van der Waals surface area contributed by atoms with Crippen molar-refractivity contribution >= 4 is 11.6 Å². The number of methoxy groups -OCH3 is 1. The zero-order chi connectivity index (χ0) is 11.3. The Morgan fingerprint density at radius 1 is 1.47 bits per heavy atom. The number of nitrogens with one attached hydrogen (secondary N) is 1. The molecular weight excluding hydrogens is 210 g/mol. The van der Waals surface area contributed by atoms with E-state index < -0.39 is 0 Å². The van der Waals surface area contributed by atoms with Crippen molar-refractivity contribution in [2.24, 2.45) is 0 Å². The highest BCUT2D eigenvalue weighted by Gasteiger charge is 2.00. The van der Waals surface area contributed by atoms with Gasteiger partial charge in [-0.2, -0.15) is 0 Å².